The molecule has 7 heteroatoms. The van der Waals surface area contributed by atoms with Crippen LogP contribution in [0.2, 0.25) is 5.02 Å². The zero-order valence-electron chi connectivity index (χ0n) is 9.85. The molecule has 0 heterocycles. The lowest BCUT2D eigenvalue weighted by atomic mass is 10.2. The monoisotopic (exact) mass is 271 g/mol. The third-order valence-electron chi connectivity index (χ3n) is 2.09. The van der Waals surface area contributed by atoms with Crippen molar-refractivity contribution in [2.75, 3.05) is 20.3 Å². The number of carbonyl (C=O) groups excluding carboxylic acids is 2. The van der Waals surface area contributed by atoms with Crippen molar-refractivity contribution in [1.82, 2.24) is 10.4 Å². The molecule has 1 aromatic carbocycles. The molecular formula is C11H14ClN3O3. The van der Waals surface area contributed by atoms with E-state index in [9.17, 15) is 9.59 Å². The molecule has 0 spiro atoms. The average Bonchev–Trinajstić information content (AvgIpc) is 2.34. The van der Waals surface area contributed by atoms with Gasteiger partial charge in [-0.3, -0.25) is 4.79 Å². The Bertz CT molecular complexity index is 422. The molecule has 1 aromatic rings. The molecule has 0 unspecified atom stereocenters. The molecule has 0 fully saturated rings. The van der Waals surface area contributed by atoms with Crippen LogP contribution in [-0.4, -0.2) is 37.2 Å². The molecule has 0 aromatic heterocycles. The van der Waals surface area contributed by atoms with Gasteiger partial charge in [0, 0.05) is 24.2 Å². The third kappa shape index (κ3) is 3.99. The van der Waals surface area contributed by atoms with Gasteiger partial charge < -0.3 is 10.5 Å². The van der Waals surface area contributed by atoms with Crippen molar-refractivity contribution in [1.29, 1.82) is 0 Å². The van der Waals surface area contributed by atoms with E-state index in [1.54, 1.807) is 12.1 Å². The second kappa shape index (κ2) is 6.95. The fourth-order valence-electron chi connectivity index (χ4n) is 1.23. The third-order valence-corrected chi connectivity index (χ3v) is 2.34. The number of amides is 3. The first-order valence-electron chi connectivity index (χ1n) is 5.18. The lowest BCUT2D eigenvalue weighted by Crippen LogP contribution is -2.50. The maximum atomic E-state index is 12.0. The molecule has 3 N–H and O–H groups in total. The minimum absolute atomic E-state index is 0.290. The first kappa shape index (κ1) is 14.4. The molecule has 0 radical (unpaired) electrons. The maximum absolute atomic E-state index is 12.0. The van der Waals surface area contributed by atoms with Crippen molar-refractivity contribution in [3.05, 3.63) is 34.9 Å². The highest BCUT2D eigenvalue weighted by atomic mass is 35.5. The number of primary amides is 1. The molecule has 18 heavy (non-hydrogen) atoms. The molecule has 0 aliphatic heterocycles. The highest BCUT2D eigenvalue weighted by Crippen LogP contribution is 2.10. The average molecular weight is 272 g/mol. The summed E-state index contributed by atoms with van der Waals surface area (Å²) in [5, 5.41) is 1.24. The number of nitrogens with zero attached hydrogens (tertiary/aromatic N) is 1. The molecule has 0 aliphatic carbocycles. The number of urea groups is 1. The van der Waals surface area contributed by atoms with Crippen molar-refractivity contribution in [3.63, 3.8) is 0 Å². The van der Waals surface area contributed by atoms with E-state index in [0.29, 0.717) is 23.7 Å². The van der Waals surface area contributed by atoms with Crippen LogP contribution in [0.25, 0.3) is 0 Å². The maximum Gasteiger partial charge on any atom is 0.336 e. The molecule has 0 aliphatic rings. The summed E-state index contributed by atoms with van der Waals surface area (Å²) in [6, 6.07) is 5.26. The number of ether oxygens (including phenoxy) is 1. The summed E-state index contributed by atoms with van der Waals surface area (Å²) < 4.78 is 4.80. The number of rotatable bonds is 5. The number of hydrazine groups is 1. The number of hydrogen-bond donors (Lipinski definition) is 2. The summed E-state index contributed by atoms with van der Waals surface area (Å²) in [5.74, 6) is -0.546. The van der Waals surface area contributed by atoms with Crippen molar-refractivity contribution < 1.29 is 14.3 Å². The van der Waals surface area contributed by atoms with Crippen LogP contribution in [0.5, 0.6) is 0 Å². The Morgan fingerprint density at radius 2 is 2.00 bits per heavy atom. The summed E-state index contributed by atoms with van der Waals surface area (Å²) in [4.78, 5) is 23.1. The van der Waals surface area contributed by atoms with Gasteiger partial charge in [-0.2, -0.15) is 5.01 Å². The smallest absolute Gasteiger partial charge is 0.336 e. The minimum atomic E-state index is -0.883. The Kier molecular flexibility index (Phi) is 5.57. The Labute approximate surface area is 110 Å². The van der Waals surface area contributed by atoms with Crippen molar-refractivity contribution in [2.24, 2.45) is 5.73 Å². The molecule has 0 saturated carbocycles. The van der Waals surface area contributed by atoms with Gasteiger partial charge in [-0.05, 0) is 24.3 Å². The van der Waals surface area contributed by atoms with E-state index in [-0.39, 0.29) is 0 Å². The van der Waals surface area contributed by atoms with Crippen LogP contribution in [0.3, 0.4) is 0 Å². The van der Waals surface area contributed by atoms with Crippen molar-refractivity contribution in [2.45, 2.75) is 0 Å². The van der Waals surface area contributed by atoms with Crippen molar-refractivity contribution in [3.8, 4) is 0 Å². The predicted molar refractivity (Wildman–Crippen MR) is 67.1 cm³/mol. The van der Waals surface area contributed by atoms with Gasteiger partial charge in [0.2, 0.25) is 0 Å². The first-order chi connectivity index (χ1) is 8.56. The quantitative estimate of drug-likeness (QED) is 0.618. The number of hydrogen-bond acceptors (Lipinski definition) is 4. The Morgan fingerprint density at radius 1 is 1.39 bits per heavy atom. The van der Waals surface area contributed by atoms with Crippen molar-refractivity contribution >= 4 is 23.5 Å². The summed E-state index contributed by atoms with van der Waals surface area (Å²) >= 11 is 5.71. The second-order valence-corrected chi connectivity index (χ2v) is 3.82. The number of benzene rings is 1. The van der Waals surface area contributed by atoms with Gasteiger partial charge in [-0.1, -0.05) is 11.6 Å². The molecule has 3 amide bonds. The van der Waals surface area contributed by atoms with Crippen LogP contribution in [0.1, 0.15) is 10.4 Å². The largest absolute Gasteiger partial charge is 0.383 e. The molecular weight excluding hydrogens is 258 g/mol. The number of nitrogens with two attached hydrogens (primary N) is 1. The highest BCUT2D eigenvalue weighted by molar-refractivity contribution is 6.30. The number of carbonyl (C=O) groups is 2. The summed E-state index contributed by atoms with van der Waals surface area (Å²) in [7, 11) is 1.51. The van der Waals surface area contributed by atoms with E-state index in [1.807, 2.05) is 0 Å². The van der Waals surface area contributed by atoms with Gasteiger partial charge >= 0.3 is 6.03 Å². The minimum Gasteiger partial charge on any atom is -0.383 e. The van der Waals surface area contributed by atoms with E-state index in [2.05, 4.69) is 5.43 Å². The van der Waals surface area contributed by atoms with Gasteiger partial charge in [0.15, 0.2) is 0 Å². The lowest BCUT2D eigenvalue weighted by Gasteiger charge is -2.19. The number of imide groups is 1. The molecule has 0 bridgehead atoms. The molecule has 98 valence electrons. The van der Waals surface area contributed by atoms with Gasteiger partial charge in [-0.15, -0.1) is 0 Å². The second-order valence-electron chi connectivity index (χ2n) is 3.39. The number of halogens is 1. The van der Waals surface area contributed by atoms with Crippen LogP contribution in [0.15, 0.2) is 24.3 Å². The standard InChI is InChI=1S/C11H14ClN3O3/c1-18-7-6-14-15(11(13)17)10(16)8-2-4-9(12)5-3-8/h2-5,14H,6-7H2,1H3,(H2,13,17). The van der Waals surface area contributed by atoms with Gasteiger partial charge in [0.05, 0.1) is 6.61 Å². The van der Waals surface area contributed by atoms with Gasteiger partial charge in [0.1, 0.15) is 0 Å². The van der Waals surface area contributed by atoms with Crippen LogP contribution in [-0.2, 0) is 4.74 Å². The zero-order valence-corrected chi connectivity index (χ0v) is 10.6. The fraction of sp³-hybridized carbons (Fsp3) is 0.273. The fourth-order valence-corrected chi connectivity index (χ4v) is 1.36. The molecule has 6 nitrogen and oxygen atoms in total. The Morgan fingerprint density at radius 3 is 2.50 bits per heavy atom. The SMILES string of the molecule is COCCNN(C(N)=O)C(=O)c1ccc(Cl)cc1. The van der Waals surface area contributed by atoms with E-state index < -0.39 is 11.9 Å². The van der Waals surface area contributed by atoms with E-state index in [4.69, 9.17) is 22.1 Å². The number of nitrogens with one attached hydrogen (secondary N) is 1. The van der Waals surface area contributed by atoms with E-state index in [0.717, 1.165) is 5.01 Å². The molecule has 0 atom stereocenters. The van der Waals surface area contributed by atoms with Crippen LogP contribution in [0, 0.1) is 0 Å². The highest BCUT2D eigenvalue weighted by Gasteiger charge is 2.20. The summed E-state index contributed by atoms with van der Waals surface area (Å²) in [6.07, 6.45) is 0. The van der Waals surface area contributed by atoms with Gasteiger partial charge in [0.25, 0.3) is 5.91 Å². The predicted octanol–water partition coefficient (Wildman–Crippen LogP) is 1.01. The van der Waals surface area contributed by atoms with Crippen LogP contribution >= 0.6 is 11.6 Å². The molecule has 0 saturated heterocycles. The lowest BCUT2D eigenvalue weighted by molar-refractivity contribution is 0.0715. The first-order valence-corrected chi connectivity index (χ1v) is 5.56. The van der Waals surface area contributed by atoms with Crippen LogP contribution < -0.4 is 11.2 Å². The molecule has 1 rings (SSSR count). The number of methoxy groups -OCH3 is 1. The normalized spacial score (nSPS) is 10.1. The van der Waals surface area contributed by atoms with Gasteiger partial charge in [-0.25, -0.2) is 10.2 Å². The Hall–Kier alpha value is -1.63. The Balaban J connectivity index is 2.76. The van der Waals surface area contributed by atoms with E-state index >= 15 is 0 Å². The summed E-state index contributed by atoms with van der Waals surface area (Å²) in [5.41, 5.74) is 8.02. The zero-order chi connectivity index (χ0) is 13.5. The van der Waals surface area contributed by atoms with Crippen LogP contribution in [0.4, 0.5) is 4.79 Å². The van der Waals surface area contributed by atoms with E-state index in [1.165, 1.54) is 19.2 Å². The summed E-state index contributed by atoms with van der Waals surface area (Å²) in [6.45, 7) is 0.635. The topological polar surface area (TPSA) is 84.7 Å².